The molecule has 226 valence electrons. The van der Waals surface area contributed by atoms with E-state index in [2.05, 4.69) is 95.6 Å². The van der Waals surface area contributed by atoms with Crippen LogP contribution in [0.5, 0.6) is 5.75 Å². The number of carbonyl (C=O) groups excluding carboxylic acids is 1. The average Bonchev–Trinajstić information content (AvgIpc) is 3.48. The minimum atomic E-state index is -0.134. The van der Waals surface area contributed by atoms with Crippen molar-refractivity contribution >= 4 is 5.97 Å². The summed E-state index contributed by atoms with van der Waals surface area (Å²) in [5.74, 6) is 0.155. The molecule has 1 saturated heterocycles. The highest BCUT2D eigenvalue weighted by atomic mass is 16.5. The molecule has 1 aliphatic rings. The third-order valence-electron chi connectivity index (χ3n) is 8.43. The van der Waals surface area contributed by atoms with Crippen LogP contribution in [0, 0.1) is 0 Å². The van der Waals surface area contributed by atoms with E-state index in [4.69, 9.17) is 4.74 Å². The van der Waals surface area contributed by atoms with E-state index in [0.717, 1.165) is 55.7 Å². The molecule has 0 spiro atoms. The van der Waals surface area contributed by atoms with Crippen molar-refractivity contribution in [3.63, 3.8) is 0 Å². The molecule has 43 heavy (non-hydrogen) atoms. The number of benzene rings is 3. The number of unbranched alkanes of at least 4 members (excludes halogenated alkanes) is 1. The van der Waals surface area contributed by atoms with Crippen molar-refractivity contribution in [2.75, 3.05) is 19.7 Å². The molecule has 5 rings (SSSR count). The number of aryl methyl sites for hydroxylation is 1. The number of phenols is 1. The smallest absolute Gasteiger partial charge is 0.305 e. The number of rotatable bonds is 12. The maximum Gasteiger partial charge on any atom is 0.305 e. The molecular weight excluding hydrogens is 536 g/mol. The fourth-order valence-electron chi connectivity index (χ4n) is 6.16. The van der Waals surface area contributed by atoms with Crippen molar-refractivity contribution in [3.8, 4) is 16.9 Å². The lowest BCUT2D eigenvalue weighted by Gasteiger charge is -2.47. The molecule has 3 aromatic carbocycles. The summed E-state index contributed by atoms with van der Waals surface area (Å²) in [6.07, 6.45) is 6.09. The van der Waals surface area contributed by atoms with E-state index in [-0.39, 0.29) is 17.8 Å². The molecule has 1 aliphatic heterocycles. The molecule has 4 aromatic rings. The van der Waals surface area contributed by atoms with Crippen LogP contribution in [0.25, 0.3) is 11.1 Å². The summed E-state index contributed by atoms with van der Waals surface area (Å²) >= 11 is 0. The molecule has 0 aliphatic carbocycles. The Balaban J connectivity index is 1.30. The van der Waals surface area contributed by atoms with E-state index >= 15 is 0 Å². The van der Waals surface area contributed by atoms with Gasteiger partial charge in [0.1, 0.15) is 5.75 Å². The second-order valence-electron chi connectivity index (χ2n) is 11.7. The normalized spacial score (nSPS) is 18.4. The first-order valence-electron chi connectivity index (χ1n) is 15.5. The van der Waals surface area contributed by atoms with Crippen LogP contribution in [0.3, 0.4) is 0 Å². The Bertz CT molecular complexity index is 1450. The van der Waals surface area contributed by atoms with Gasteiger partial charge in [-0.25, -0.2) is 0 Å². The zero-order chi connectivity index (χ0) is 30.2. The lowest BCUT2D eigenvalue weighted by Crippen LogP contribution is -2.56. The lowest BCUT2D eigenvalue weighted by atomic mass is 9.92. The summed E-state index contributed by atoms with van der Waals surface area (Å²) in [6.45, 7) is 10.5. The number of piperazine rings is 1. The number of esters is 1. The first-order valence-corrected chi connectivity index (χ1v) is 15.5. The molecule has 0 bridgehead atoms. The third-order valence-corrected chi connectivity index (χ3v) is 8.43. The van der Waals surface area contributed by atoms with Crippen LogP contribution in [0.1, 0.15) is 62.8 Å². The maximum absolute atomic E-state index is 11.6. The van der Waals surface area contributed by atoms with Crippen LogP contribution in [0.4, 0.5) is 0 Å². The van der Waals surface area contributed by atoms with Gasteiger partial charge in [-0.05, 0) is 68.0 Å². The highest BCUT2D eigenvalue weighted by molar-refractivity contribution is 5.69. The van der Waals surface area contributed by atoms with Gasteiger partial charge >= 0.3 is 5.97 Å². The molecule has 0 radical (unpaired) electrons. The monoisotopic (exact) mass is 580 g/mol. The van der Waals surface area contributed by atoms with Gasteiger partial charge in [-0.1, -0.05) is 66.7 Å². The van der Waals surface area contributed by atoms with Crippen LogP contribution in [0.2, 0.25) is 0 Å². The van der Waals surface area contributed by atoms with E-state index in [1.165, 1.54) is 11.1 Å². The summed E-state index contributed by atoms with van der Waals surface area (Å²) in [5, 5.41) is 14.9. The van der Waals surface area contributed by atoms with Gasteiger partial charge < -0.3 is 9.84 Å². The Kier molecular flexibility index (Phi) is 10.3. The Morgan fingerprint density at radius 3 is 2.47 bits per heavy atom. The molecule has 0 unspecified atom stereocenters. The van der Waals surface area contributed by atoms with E-state index in [0.29, 0.717) is 25.1 Å². The Hall–Kier alpha value is -3.94. The molecule has 1 aromatic heterocycles. The Morgan fingerprint density at radius 1 is 0.930 bits per heavy atom. The van der Waals surface area contributed by atoms with Gasteiger partial charge in [-0.15, -0.1) is 0 Å². The summed E-state index contributed by atoms with van der Waals surface area (Å²) in [4.78, 5) is 16.7. The van der Waals surface area contributed by atoms with Gasteiger partial charge in [-0.3, -0.25) is 19.3 Å². The minimum absolute atomic E-state index is 0.0274. The number of carbonyl (C=O) groups is 1. The zero-order valence-electron chi connectivity index (χ0n) is 25.6. The SMILES string of the molecule is CCOC(=O)CCCCn1cc(-c2ccc([C@H](c3cccc(O)c3)N3C[C@@H](C)N(Cc4ccccc4)C[C@@H]3C)cc2)cn1. The number of ether oxygens (including phenoxy) is 1. The van der Waals surface area contributed by atoms with Gasteiger partial charge in [0.15, 0.2) is 0 Å². The van der Waals surface area contributed by atoms with Gasteiger partial charge in [0, 0.05) is 56.4 Å². The molecule has 1 fully saturated rings. The van der Waals surface area contributed by atoms with Crippen molar-refractivity contribution in [2.24, 2.45) is 0 Å². The number of hydrogen-bond donors (Lipinski definition) is 1. The Labute approximate surface area is 255 Å². The number of aromatic nitrogens is 2. The van der Waals surface area contributed by atoms with Crippen LogP contribution in [-0.2, 0) is 22.6 Å². The molecule has 2 heterocycles. The second-order valence-corrected chi connectivity index (χ2v) is 11.7. The molecule has 0 amide bonds. The van der Waals surface area contributed by atoms with Gasteiger partial charge in [-0.2, -0.15) is 5.10 Å². The van der Waals surface area contributed by atoms with Crippen LogP contribution >= 0.6 is 0 Å². The third kappa shape index (κ3) is 7.92. The first kappa shape index (κ1) is 30.5. The number of phenolic OH excluding ortho intramolecular Hbond substituents is 1. The fraction of sp³-hybridized carbons (Fsp3) is 0.389. The summed E-state index contributed by atoms with van der Waals surface area (Å²) in [7, 11) is 0. The average molecular weight is 581 g/mol. The molecule has 0 saturated carbocycles. The Morgan fingerprint density at radius 2 is 1.72 bits per heavy atom. The minimum Gasteiger partial charge on any atom is -0.508 e. The molecular formula is C36H44N4O3. The second kappa shape index (κ2) is 14.5. The molecule has 7 nitrogen and oxygen atoms in total. The highest BCUT2D eigenvalue weighted by Crippen LogP contribution is 2.35. The topological polar surface area (TPSA) is 70.8 Å². The standard InChI is InChI=1S/C36H44N4O3/c1-4-43-35(42)15-8-9-20-39-26-33(22-37-39)30-16-18-31(19-17-30)36(32-13-10-14-34(41)21-32)40-24-27(2)38(23-28(40)3)25-29-11-6-5-7-12-29/h5-7,10-14,16-19,21-22,26-28,36,41H,4,8-9,15,20,23-25H2,1-3H3/t27-,28+,36-/m1/s1. The van der Waals surface area contributed by atoms with E-state index < -0.39 is 0 Å². The quantitative estimate of drug-likeness (QED) is 0.149. The van der Waals surface area contributed by atoms with E-state index in [1.807, 2.05) is 29.9 Å². The van der Waals surface area contributed by atoms with Crippen LogP contribution in [-0.4, -0.2) is 62.4 Å². The van der Waals surface area contributed by atoms with Gasteiger partial charge in [0.2, 0.25) is 0 Å². The van der Waals surface area contributed by atoms with Crippen molar-refractivity contribution in [3.05, 3.63) is 108 Å². The van der Waals surface area contributed by atoms with Gasteiger partial charge in [0.25, 0.3) is 0 Å². The van der Waals surface area contributed by atoms with Gasteiger partial charge in [0.05, 0.1) is 18.8 Å². The molecule has 1 N–H and O–H groups in total. The van der Waals surface area contributed by atoms with Crippen LogP contribution < -0.4 is 0 Å². The summed E-state index contributed by atoms with van der Waals surface area (Å²) in [5.41, 5.74) is 5.83. The lowest BCUT2D eigenvalue weighted by molar-refractivity contribution is -0.143. The van der Waals surface area contributed by atoms with Crippen molar-refractivity contribution < 1.29 is 14.6 Å². The highest BCUT2D eigenvalue weighted by Gasteiger charge is 2.35. The predicted molar refractivity (Wildman–Crippen MR) is 171 cm³/mol. The first-order chi connectivity index (χ1) is 20.9. The summed E-state index contributed by atoms with van der Waals surface area (Å²) in [6, 6.07) is 27.9. The number of aromatic hydroxyl groups is 1. The largest absolute Gasteiger partial charge is 0.508 e. The predicted octanol–water partition coefficient (Wildman–Crippen LogP) is 6.67. The molecule has 7 heteroatoms. The van der Waals surface area contributed by atoms with E-state index in [1.54, 1.807) is 6.07 Å². The van der Waals surface area contributed by atoms with Crippen molar-refractivity contribution in [1.82, 2.24) is 19.6 Å². The van der Waals surface area contributed by atoms with Crippen LogP contribution in [0.15, 0.2) is 91.3 Å². The summed E-state index contributed by atoms with van der Waals surface area (Å²) < 4.78 is 6.96. The zero-order valence-corrected chi connectivity index (χ0v) is 25.6. The number of hydrogen-bond acceptors (Lipinski definition) is 6. The molecule has 3 atom stereocenters. The number of nitrogens with zero attached hydrogens (tertiary/aromatic N) is 4. The van der Waals surface area contributed by atoms with Crippen molar-refractivity contribution in [1.29, 1.82) is 0 Å². The maximum atomic E-state index is 11.6. The van der Waals surface area contributed by atoms with Crippen molar-refractivity contribution in [2.45, 2.75) is 71.2 Å². The fourth-order valence-corrected chi connectivity index (χ4v) is 6.16. The van der Waals surface area contributed by atoms with E-state index in [9.17, 15) is 9.90 Å².